The van der Waals surface area contributed by atoms with Crippen LogP contribution in [0.15, 0.2) is 24.3 Å². The average Bonchev–Trinajstić information content (AvgIpc) is 2.29. The van der Waals surface area contributed by atoms with Gasteiger partial charge in [-0.2, -0.15) is 0 Å². The van der Waals surface area contributed by atoms with Crippen molar-refractivity contribution < 1.29 is 4.74 Å². The number of hydrogen-bond acceptors (Lipinski definition) is 1. The van der Waals surface area contributed by atoms with E-state index in [1.165, 1.54) is 37.7 Å². The summed E-state index contributed by atoms with van der Waals surface area (Å²) >= 11 is 0. The van der Waals surface area contributed by atoms with E-state index >= 15 is 0 Å². The summed E-state index contributed by atoms with van der Waals surface area (Å²) in [5, 5.41) is 0. The predicted molar refractivity (Wildman–Crippen MR) is 65.5 cm³/mol. The summed E-state index contributed by atoms with van der Waals surface area (Å²) in [4.78, 5) is 0. The number of benzene rings is 1. The summed E-state index contributed by atoms with van der Waals surface area (Å²) in [6.07, 6.45) is 7.81. The molecular formula is C14H22O. The third kappa shape index (κ3) is 4.37. The molecule has 0 aliphatic carbocycles. The van der Waals surface area contributed by atoms with Gasteiger partial charge in [-0.3, -0.25) is 0 Å². The van der Waals surface area contributed by atoms with E-state index in [2.05, 4.69) is 19.1 Å². The highest BCUT2D eigenvalue weighted by molar-refractivity contribution is 5.33. The van der Waals surface area contributed by atoms with Crippen molar-refractivity contribution in [1.82, 2.24) is 0 Å². The molecule has 0 N–H and O–H groups in total. The second-order valence-corrected chi connectivity index (χ2v) is 3.98. The zero-order valence-electron chi connectivity index (χ0n) is 9.96. The van der Waals surface area contributed by atoms with E-state index in [0.29, 0.717) is 0 Å². The minimum absolute atomic E-state index is 1.04. The van der Waals surface area contributed by atoms with Crippen molar-refractivity contribution in [2.24, 2.45) is 0 Å². The predicted octanol–water partition coefficient (Wildman–Crippen LogP) is 4.21. The highest BCUT2D eigenvalue weighted by atomic mass is 16.5. The minimum atomic E-state index is 1.04. The van der Waals surface area contributed by atoms with Gasteiger partial charge in [0.05, 0.1) is 7.11 Å². The summed E-state index contributed by atoms with van der Waals surface area (Å²) in [5.74, 6) is 1.04. The van der Waals surface area contributed by atoms with Gasteiger partial charge in [0.1, 0.15) is 5.75 Å². The molecule has 0 unspecified atom stereocenters. The lowest BCUT2D eigenvalue weighted by molar-refractivity contribution is 0.408. The maximum Gasteiger partial charge on any atom is 0.122 e. The highest BCUT2D eigenvalue weighted by Crippen LogP contribution is 2.19. The fourth-order valence-electron chi connectivity index (χ4n) is 1.83. The lowest BCUT2D eigenvalue weighted by atomic mass is 10.0. The lowest BCUT2D eigenvalue weighted by Gasteiger charge is -2.07. The van der Waals surface area contributed by atoms with Crippen LogP contribution in [0.25, 0.3) is 0 Å². The van der Waals surface area contributed by atoms with Crippen LogP contribution >= 0.6 is 0 Å². The molecule has 1 heteroatoms. The van der Waals surface area contributed by atoms with Crippen molar-refractivity contribution in [3.63, 3.8) is 0 Å². The molecule has 0 aliphatic rings. The molecule has 1 aromatic rings. The molecule has 15 heavy (non-hydrogen) atoms. The zero-order chi connectivity index (χ0) is 10.9. The van der Waals surface area contributed by atoms with Crippen molar-refractivity contribution in [2.75, 3.05) is 7.11 Å². The van der Waals surface area contributed by atoms with E-state index in [1.54, 1.807) is 7.11 Å². The van der Waals surface area contributed by atoms with Crippen LogP contribution in [0.2, 0.25) is 0 Å². The molecule has 0 aromatic heterocycles. The maximum absolute atomic E-state index is 5.32. The number of ether oxygens (including phenoxy) is 1. The van der Waals surface area contributed by atoms with Gasteiger partial charge >= 0.3 is 0 Å². The first-order chi connectivity index (χ1) is 7.38. The molecule has 0 saturated heterocycles. The first kappa shape index (κ1) is 12.1. The van der Waals surface area contributed by atoms with Crippen molar-refractivity contribution in [2.45, 2.75) is 45.4 Å². The quantitative estimate of drug-likeness (QED) is 0.607. The van der Waals surface area contributed by atoms with Crippen LogP contribution in [-0.4, -0.2) is 7.11 Å². The van der Waals surface area contributed by atoms with Gasteiger partial charge in [-0.15, -0.1) is 0 Å². The summed E-state index contributed by atoms with van der Waals surface area (Å²) in [5.41, 5.74) is 1.34. The Bertz CT molecular complexity index is 268. The number of unbranched alkanes of at least 4 members (excludes halogenated alkanes) is 4. The summed E-state index contributed by atoms with van der Waals surface area (Å²) in [7, 11) is 1.75. The van der Waals surface area contributed by atoms with Crippen molar-refractivity contribution >= 4 is 0 Å². The van der Waals surface area contributed by atoms with Gasteiger partial charge in [0.15, 0.2) is 0 Å². The number of hydrogen-bond donors (Lipinski definition) is 0. The summed E-state index contributed by atoms with van der Waals surface area (Å²) < 4.78 is 5.32. The van der Waals surface area contributed by atoms with Gasteiger partial charge in [-0.25, -0.2) is 0 Å². The van der Waals surface area contributed by atoms with Gasteiger partial charge in [-0.05, 0) is 24.5 Å². The minimum Gasteiger partial charge on any atom is -0.496 e. The third-order valence-corrected chi connectivity index (χ3v) is 2.74. The highest BCUT2D eigenvalue weighted by Gasteiger charge is 2.00. The van der Waals surface area contributed by atoms with Gasteiger partial charge in [-0.1, -0.05) is 50.8 Å². The number of aryl methyl sites for hydroxylation is 1. The van der Waals surface area contributed by atoms with Crippen LogP contribution in [-0.2, 0) is 6.42 Å². The Hall–Kier alpha value is -0.980. The molecule has 1 rings (SSSR count). The van der Waals surface area contributed by atoms with Crippen molar-refractivity contribution in [1.29, 1.82) is 0 Å². The molecular weight excluding hydrogens is 184 g/mol. The lowest BCUT2D eigenvalue weighted by Crippen LogP contribution is -1.92. The molecule has 0 atom stereocenters. The van der Waals surface area contributed by atoms with Crippen LogP contribution < -0.4 is 4.74 Å². The monoisotopic (exact) mass is 206 g/mol. The van der Waals surface area contributed by atoms with Gasteiger partial charge in [0.2, 0.25) is 0 Å². The zero-order valence-corrected chi connectivity index (χ0v) is 9.96. The van der Waals surface area contributed by atoms with E-state index in [0.717, 1.165) is 12.2 Å². The van der Waals surface area contributed by atoms with Crippen LogP contribution in [0, 0.1) is 0 Å². The Labute approximate surface area is 93.5 Å². The topological polar surface area (TPSA) is 9.23 Å². The second-order valence-electron chi connectivity index (χ2n) is 3.98. The Balaban J connectivity index is 2.30. The Kier molecular flexibility index (Phi) is 5.91. The van der Waals surface area contributed by atoms with E-state index in [1.807, 2.05) is 12.1 Å². The molecule has 0 bridgehead atoms. The average molecular weight is 206 g/mol. The molecule has 1 aromatic carbocycles. The Morgan fingerprint density at radius 2 is 1.73 bits per heavy atom. The first-order valence-electron chi connectivity index (χ1n) is 6.00. The summed E-state index contributed by atoms with van der Waals surface area (Å²) in [6.45, 7) is 2.25. The van der Waals surface area contributed by atoms with Crippen LogP contribution in [0.1, 0.15) is 44.6 Å². The van der Waals surface area contributed by atoms with Crippen LogP contribution in [0.4, 0.5) is 0 Å². The smallest absolute Gasteiger partial charge is 0.122 e. The molecule has 84 valence electrons. The molecule has 0 aliphatic heterocycles. The molecule has 0 heterocycles. The molecule has 0 radical (unpaired) electrons. The molecule has 0 saturated carbocycles. The second kappa shape index (κ2) is 7.33. The Morgan fingerprint density at radius 3 is 2.47 bits per heavy atom. The normalized spacial score (nSPS) is 10.3. The number of para-hydroxylation sites is 1. The first-order valence-corrected chi connectivity index (χ1v) is 6.00. The van der Waals surface area contributed by atoms with Crippen LogP contribution in [0.3, 0.4) is 0 Å². The summed E-state index contributed by atoms with van der Waals surface area (Å²) in [6, 6.07) is 8.32. The molecule has 0 spiro atoms. The van der Waals surface area contributed by atoms with E-state index in [9.17, 15) is 0 Å². The van der Waals surface area contributed by atoms with Gasteiger partial charge < -0.3 is 4.74 Å². The third-order valence-electron chi connectivity index (χ3n) is 2.74. The van der Waals surface area contributed by atoms with E-state index < -0.39 is 0 Å². The van der Waals surface area contributed by atoms with E-state index in [4.69, 9.17) is 4.74 Å². The fourth-order valence-corrected chi connectivity index (χ4v) is 1.83. The Morgan fingerprint density at radius 1 is 1.00 bits per heavy atom. The SMILES string of the molecule is CCCCCCCc1ccccc1OC. The molecule has 0 fully saturated rings. The van der Waals surface area contributed by atoms with Crippen molar-refractivity contribution in [3.8, 4) is 5.75 Å². The standard InChI is InChI=1S/C14H22O/c1-3-4-5-6-7-10-13-11-8-9-12-14(13)15-2/h8-9,11-12H,3-7,10H2,1-2H3. The molecule has 0 amide bonds. The van der Waals surface area contributed by atoms with Crippen LogP contribution in [0.5, 0.6) is 5.75 Å². The number of rotatable bonds is 7. The van der Waals surface area contributed by atoms with Gasteiger partial charge in [0, 0.05) is 0 Å². The fraction of sp³-hybridized carbons (Fsp3) is 0.571. The van der Waals surface area contributed by atoms with Gasteiger partial charge in [0.25, 0.3) is 0 Å². The van der Waals surface area contributed by atoms with Crippen molar-refractivity contribution in [3.05, 3.63) is 29.8 Å². The molecule has 1 nitrogen and oxygen atoms in total. The van der Waals surface area contributed by atoms with E-state index in [-0.39, 0.29) is 0 Å². The largest absolute Gasteiger partial charge is 0.496 e. The maximum atomic E-state index is 5.32. The number of methoxy groups -OCH3 is 1.